The molecule has 0 spiro atoms. The van der Waals surface area contributed by atoms with Crippen LogP contribution in [-0.2, 0) is 0 Å². The number of rotatable bonds is 4. The lowest BCUT2D eigenvalue weighted by molar-refractivity contribution is 0.0527. The molecule has 2 N–H and O–H groups in total. The Labute approximate surface area is 122 Å². The summed E-state index contributed by atoms with van der Waals surface area (Å²) in [7, 11) is 0. The average Bonchev–Trinajstić information content (AvgIpc) is 2.43. The van der Waals surface area contributed by atoms with Crippen molar-refractivity contribution in [1.82, 2.24) is 9.88 Å². The predicted molar refractivity (Wildman–Crippen MR) is 80.3 cm³/mol. The number of pyridine rings is 1. The number of aliphatic hydroxyl groups excluding tert-OH is 1. The van der Waals surface area contributed by atoms with Crippen LogP contribution in [0.5, 0.6) is 0 Å². The first-order chi connectivity index (χ1) is 10.2. The number of amides is 1. The third-order valence-electron chi connectivity index (χ3n) is 4.10. The number of aromatic nitrogens is 1. The van der Waals surface area contributed by atoms with Gasteiger partial charge in [-0.05, 0) is 25.3 Å². The summed E-state index contributed by atoms with van der Waals surface area (Å²) in [5, 5.41) is 9.95. The lowest BCUT2D eigenvalue weighted by Gasteiger charge is -2.37. The number of fused-ring (bicyclic) bond motifs is 1. The van der Waals surface area contributed by atoms with Gasteiger partial charge in [-0.2, -0.15) is 0 Å². The molecule has 0 unspecified atom stereocenters. The van der Waals surface area contributed by atoms with Crippen molar-refractivity contribution in [3.05, 3.63) is 46.2 Å². The lowest BCUT2D eigenvalue weighted by atomic mass is 9.90. The Kier molecular flexibility index (Phi) is 3.75. The molecule has 21 heavy (non-hydrogen) atoms. The summed E-state index contributed by atoms with van der Waals surface area (Å²) < 4.78 is 0. The first kappa shape index (κ1) is 13.8. The van der Waals surface area contributed by atoms with Gasteiger partial charge in [0.15, 0.2) is 0 Å². The topological polar surface area (TPSA) is 73.4 Å². The van der Waals surface area contributed by atoms with Crippen LogP contribution in [0.4, 0.5) is 0 Å². The zero-order valence-electron chi connectivity index (χ0n) is 11.7. The number of H-pyrrole nitrogens is 1. The number of aliphatic hydroxyl groups is 1. The Morgan fingerprint density at radius 2 is 2.10 bits per heavy atom. The zero-order chi connectivity index (χ0) is 14.8. The maximum atomic E-state index is 12.8. The smallest absolute Gasteiger partial charge is 0.255 e. The summed E-state index contributed by atoms with van der Waals surface area (Å²) >= 11 is 0. The van der Waals surface area contributed by atoms with E-state index in [4.69, 9.17) is 0 Å². The fraction of sp³-hybridized carbons (Fsp3) is 0.375. The molecule has 1 aromatic heterocycles. The van der Waals surface area contributed by atoms with Crippen molar-refractivity contribution < 1.29 is 9.90 Å². The molecular weight excluding hydrogens is 268 g/mol. The number of hydrogen-bond donors (Lipinski definition) is 2. The van der Waals surface area contributed by atoms with Crippen LogP contribution in [0.25, 0.3) is 10.9 Å². The minimum atomic E-state index is -0.283. The van der Waals surface area contributed by atoms with Gasteiger partial charge in [-0.3, -0.25) is 9.59 Å². The lowest BCUT2D eigenvalue weighted by Crippen LogP contribution is -2.45. The highest BCUT2D eigenvalue weighted by atomic mass is 16.3. The molecule has 1 fully saturated rings. The van der Waals surface area contributed by atoms with E-state index in [1.165, 1.54) is 6.07 Å². The van der Waals surface area contributed by atoms with Gasteiger partial charge in [-0.1, -0.05) is 18.2 Å². The van der Waals surface area contributed by atoms with Crippen LogP contribution in [0, 0.1) is 0 Å². The number of aromatic amines is 1. The van der Waals surface area contributed by atoms with Gasteiger partial charge in [0.1, 0.15) is 0 Å². The summed E-state index contributed by atoms with van der Waals surface area (Å²) in [4.78, 5) is 29.0. The fourth-order valence-corrected chi connectivity index (χ4v) is 2.79. The molecule has 5 heteroatoms. The number of hydrogen-bond acceptors (Lipinski definition) is 3. The van der Waals surface area contributed by atoms with E-state index in [1.54, 1.807) is 11.0 Å². The van der Waals surface area contributed by atoms with Gasteiger partial charge in [0.25, 0.3) is 5.91 Å². The van der Waals surface area contributed by atoms with E-state index in [0.717, 1.165) is 24.6 Å². The molecule has 1 aromatic carbocycles. The van der Waals surface area contributed by atoms with Gasteiger partial charge in [-0.15, -0.1) is 0 Å². The van der Waals surface area contributed by atoms with Gasteiger partial charge in [0, 0.05) is 29.6 Å². The Balaban J connectivity index is 2.05. The molecule has 0 saturated heterocycles. The molecule has 0 radical (unpaired) electrons. The third-order valence-corrected chi connectivity index (χ3v) is 4.10. The van der Waals surface area contributed by atoms with Crippen LogP contribution < -0.4 is 5.56 Å². The van der Waals surface area contributed by atoms with Gasteiger partial charge in [0.05, 0.1) is 12.2 Å². The summed E-state index contributed by atoms with van der Waals surface area (Å²) in [6.07, 6.45) is 3.04. The Bertz CT molecular complexity index is 719. The summed E-state index contributed by atoms with van der Waals surface area (Å²) in [6, 6.07) is 8.82. The maximum Gasteiger partial charge on any atom is 0.255 e. The normalized spacial score (nSPS) is 14.9. The number of carbonyl (C=O) groups excluding carboxylic acids is 1. The summed E-state index contributed by atoms with van der Waals surface area (Å²) in [5.74, 6) is -0.170. The number of para-hydroxylation sites is 1. The average molecular weight is 286 g/mol. The Hall–Kier alpha value is -2.14. The molecular formula is C16H18N2O3. The molecule has 0 atom stereocenters. The van der Waals surface area contributed by atoms with E-state index >= 15 is 0 Å². The number of nitrogens with zero attached hydrogens (tertiary/aromatic N) is 1. The molecule has 1 heterocycles. The highest BCUT2D eigenvalue weighted by Gasteiger charge is 2.29. The van der Waals surface area contributed by atoms with Crippen molar-refractivity contribution in [1.29, 1.82) is 0 Å². The standard InChI is InChI=1S/C16H18N2O3/c19-9-8-18(11-4-3-5-11)16(21)13-10-15(20)17-14-7-2-1-6-12(13)14/h1-2,6-7,10-11,19H,3-5,8-9H2,(H,17,20). The van der Waals surface area contributed by atoms with E-state index in [2.05, 4.69) is 4.98 Å². The molecule has 1 saturated carbocycles. The first-order valence-electron chi connectivity index (χ1n) is 7.24. The maximum absolute atomic E-state index is 12.8. The van der Waals surface area contributed by atoms with Gasteiger partial charge >= 0.3 is 0 Å². The summed E-state index contributed by atoms with van der Waals surface area (Å²) in [5.41, 5.74) is 0.787. The molecule has 1 aliphatic carbocycles. The number of carbonyl (C=O) groups is 1. The second-order valence-corrected chi connectivity index (χ2v) is 5.40. The molecule has 1 amide bonds. The van der Waals surface area contributed by atoms with Crippen LogP contribution in [0.15, 0.2) is 35.1 Å². The largest absolute Gasteiger partial charge is 0.395 e. The molecule has 5 nitrogen and oxygen atoms in total. The summed E-state index contributed by atoms with van der Waals surface area (Å²) in [6.45, 7) is 0.244. The monoisotopic (exact) mass is 286 g/mol. The van der Waals surface area contributed by atoms with Gasteiger partial charge in [0.2, 0.25) is 5.56 Å². The first-order valence-corrected chi connectivity index (χ1v) is 7.24. The van der Waals surface area contributed by atoms with E-state index in [1.807, 2.05) is 18.2 Å². The molecule has 0 bridgehead atoms. The fourth-order valence-electron chi connectivity index (χ4n) is 2.79. The minimum absolute atomic E-state index is 0.0661. The van der Waals surface area contributed by atoms with Crippen LogP contribution >= 0.6 is 0 Å². The Morgan fingerprint density at radius 1 is 1.33 bits per heavy atom. The zero-order valence-corrected chi connectivity index (χ0v) is 11.7. The van der Waals surface area contributed by atoms with Crippen LogP contribution in [0.2, 0.25) is 0 Å². The van der Waals surface area contributed by atoms with Crippen molar-refractivity contribution >= 4 is 16.8 Å². The van der Waals surface area contributed by atoms with Crippen molar-refractivity contribution in [2.45, 2.75) is 25.3 Å². The third kappa shape index (κ3) is 2.56. The quantitative estimate of drug-likeness (QED) is 0.895. The molecule has 110 valence electrons. The molecule has 2 aromatic rings. The second kappa shape index (κ2) is 5.69. The minimum Gasteiger partial charge on any atom is -0.395 e. The van der Waals surface area contributed by atoms with Gasteiger partial charge in [-0.25, -0.2) is 0 Å². The molecule has 0 aliphatic heterocycles. The van der Waals surface area contributed by atoms with Crippen LogP contribution in [-0.4, -0.2) is 40.1 Å². The van der Waals surface area contributed by atoms with Crippen molar-refractivity contribution in [2.24, 2.45) is 0 Å². The van der Waals surface area contributed by atoms with Crippen LogP contribution in [0.3, 0.4) is 0 Å². The number of nitrogens with one attached hydrogen (secondary N) is 1. The van der Waals surface area contributed by atoms with E-state index in [9.17, 15) is 14.7 Å². The molecule has 3 rings (SSSR count). The highest BCUT2D eigenvalue weighted by molar-refractivity contribution is 6.06. The van der Waals surface area contributed by atoms with E-state index in [0.29, 0.717) is 17.6 Å². The highest BCUT2D eigenvalue weighted by Crippen LogP contribution is 2.27. The van der Waals surface area contributed by atoms with Gasteiger partial charge < -0.3 is 15.0 Å². The SMILES string of the molecule is O=C(c1cc(=O)[nH]c2ccccc12)N(CCO)C1CCC1. The van der Waals surface area contributed by atoms with Crippen molar-refractivity contribution in [3.63, 3.8) is 0 Å². The predicted octanol–water partition coefficient (Wildman–Crippen LogP) is 1.52. The second-order valence-electron chi connectivity index (χ2n) is 5.40. The van der Waals surface area contributed by atoms with E-state index < -0.39 is 0 Å². The van der Waals surface area contributed by atoms with E-state index in [-0.39, 0.29) is 24.1 Å². The van der Waals surface area contributed by atoms with Crippen LogP contribution in [0.1, 0.15) is 29.6 Å². The van der Waals surface area contributed by atoms with Crippen molar-refractivity contribution in [2.75, 3.05) is 13.2 Å². The number of benzene rings is 1. The van der Waals surface area contributed by atoms with Crippen molar-refractivity contribution in [3.8, 4) is 0 Å². The molecule has 1 aliphatic rings. The Morgan fingerprint density at radius 3 is 2.76 bits per heavy atom.